The van der Waals surface area contributed by atoms with Crippen molar-refractivity contribution >= 4 is 17.3 Å². The van der Waals surface area contributed by atoms with Gasteiger partial charge in [0.15, 0.2) is 0 Å². The highest BCUT2D eigenvalue weighted by Crippen LogP contribution is 2.28. The standard InChI is InChI=1S/C13H11N3O4/c1-8-4-9(7-14-6-8)13(18)15-11-3-2-10(16(19)20)5-12(11)17/h2-7,17H,1H3,(H,15,18). The van der Waals surface area contributed by atoms with Crippen molar-refractivity contribution in [1.29, 1.82) is 0 Å². The maximum Gasteiger partial charge on any atom is 0.273 e. The number of benzene rings is 1. The number of nitrogens with zero attached hydrogens (tertiary/aromatic N) is 2. The Bertz CT molecular complexity index is 685. The quantitative estimate of drug-likeness (QED) is 0.507. The first-order valence-corrected chi connectivity index (χ1v) is 5.68. The van der Waals surface area contributed by atoms with Crippen LogP contribution in [0.2, 0.25) is 0 Å². The Morgan fingerprint density at radius 2 is 2.10 bits per heavy atom. The molecule has 0 bridgehead atoms. The van der Waals surface area contributed by atoms with E-state index in [9.17, 15) is 20.0 Å². The number of anilines is 1. The smallest absolute Gasteiger partial charge is 0.273 e. The second-order valence-electron chi connectivity index (χ2n) is 4.16. The Balaban J connectivity index is 2.22. The number of rotatable bonds is 3. The number of hydrogen-bond acceptors (Lipinski definition) is 5. The molecule has 2 aromatic rings. The highest BCUT2D eigenvalue weighted by Gasteiger charge is 2.13. The van der Waals surface area contributed by atoms with Crippen molar-refractivity contribution in [3.05, 3.63) is 57.9 Å². The second kappa shape index (κ2) is 5.35. The monoisotopic (exact) mass is 273 g/mol. The summed E-state index contributed by atoms with van der Waals surface area (Å²) in [6.07, 6.45) is 3.00. The number of non-ortho nitro benzene ring substituents is 1. The Morgan fingerprint density at radius 3 is 2.70 bits per heavy atom. The summed E-state index contributed by atoms with van der Waals surface area (Å²) in [7, 11) is 0. The molecule has 0 fully saturated rings. The molecule has 0 saturated heterocycles. The van der Waals surface area contributed by atoms with Crippen LogP contribution in [0.4, 0.5) is 11.4 Å². The van der Waals surface area contributed by atoms with E-state index in [1.54, 1.807) is 19.2 Å². The van der Waals surface area contributed by atoms with Crippen LogP contribution in [0.3, 0.4) is 0 Å². The number of aromatic nitrogens is 1. The fourth-order valence-electron chi connectivity index (χ4n) is 1.61. The number of nitro benzene ring substituents is 1. The number of pyridine rings is 1. The van der Waals surface area contributed by atoms with Crippen LogP contribution < -0.4 is 5.32 Å². The number of hydrogen-bond donors (Lipinski definition) is 2. The summed E-state index contributed by atoms with van der Waals surface area (Å²) < 4.78 is 0. The molecule has 1 aromatic heterocycles. The highest BCUT2D eigenvalue weighted by atomic mass is 16.6. The zero-order chi connectivity index (χ0) is 14.7. The van der Waals surface area contributed by atoms with Crippen LogP contribution in [0, 0.1) is 17.0 Å². The maximum absolute atomic E-state index is 11.9. The molecule has 0 aliphatic carbocycles. The molecule has 0 spiro atoms. The van der Waals surface area contributed by atoms with Crippen molar-refractivity contribution in [3.8, 4) is 5.75 Å². The predicted octanol–water partition coefficient (Wildman–Crippen LogP) is 2.26. The number of amides is 1. The minimum absolute atomic E-state index is 0.0992. The van der Waals surface area contributed by atoms with E-state index in [0.717, 1.165) is 11.6 Å². The van der Waals surface area contributed by atoms with Crippen LogP contribution in [0.1, 0.15) is 15.9 Å². The average Bonchev–Trinajstić information content (AvgIpc) is 2.40. The van der Waals surface area contributed by atoms with Gasteiger partial charge in [-0.25, -0.2) is 0 Å². The van der Waals surface area contributed by atoms with Gasteiger partial charge in [0.25, 0.3) is 11.6 Å². The molecule has 0 unspecified atom stereocenters. The molecular weight excluding hydrogens is 262 g/mol. The third-order valence-electron chi connectivity index (χ3n) is 2.58. The SMILES string of the molecule is Cc1cncc(C(=O)Nc2ccc([N+](=O)[O-])cc2O)c1. The molecule has 7 nitrogen and oxygen atoms in total. The van der Waals surface area contributed by atoms with E-state index in [1.165, 1.54) is 18.3 Å². The molecule has 1 aromatic carbocycles. The molecule has 102 valence electrons. The van der Waals surface area contributed by atoms with Gasteiger partial charge in [0.1, 0.15) is 5.75 Å². The predicted molar refractivity (Wildman–Crippen MR) is 71.7 cm³/mol. The van der Waals surface area contributed by atoms with E-state index in [1.807, 2.05) is 0 Å². The van der Waals surface area contributed by atoms with Gasteiger partial charge in [0.2, 0.25) is 0 Å². The fraction of sp³-hybridized carbons (Fsp3) is 0.0769. The first-order valence-electron chi connectivity index (χ1n) is 5.68. The van der Waals surface area contributed by atoms with Crippen LogP contribution in [0.5, 0.6) is 5.75 Å². The van der Waals surface area contributed by atoms with Crippen molar-refractivity contribution < 1.29 is 14.8 Å². The van der Waals surface area contributed by atoms with Gasteiger partial charge in [-0.2, -0.15) is 0 Å². The molecule has 0 saturated carbocycles. The molecule has 2 N–H and O–H groups in total. The van der Waals surface area contributed by atoms with Crippen LogP contribution in [-0.2, 0) is 0 Å². The Kier molecular flexibility index (Phi) is 3.60. The molecule has 7 heteroatoms. The van der Waals surface area contributed by atoms with E-state index in [4.69, 9.17) is 0 Å². The lowest BCUT2D eigenvalue weighted by molar-refractivity contribution is -0.384. The van der Waals surface area contributed by atoms with Crippen molar-refractivity contribution in [3.63, 3.8) is 0 Å². The van der Waals surface area contributed by atoms with Gasteiger partial charge in [0, 0.05) is 18.5 Å². The highest BCUT2D eigenvalue weighted by molar-refractivity contribution is 6.04. The van der Waals surface area contributed by atoms with E-state index in [2.05, 4.69) is 10.3 Å². The molecule has 0 radical (unpaired) electrons. The number of carbonyl (C=O) groups is 1. The minimum atomic E-state index is -0.629. The van der Waals surface area contributed by atoms with Gasteiger partial charge in [-0.05, 0) is 24.6 Å². The van der Waals surface area contributed by atoms with Gasteiger partial charge >= 0.3 is 0 Å². The zero-order valence-electron chi connectivity index (χ0n) is 10.5. The summed E-state index contributed by atoms with van der Waals surface area (Å²) in [5, 5.41) is 22.7. The number of phenolic OH excluding ortho intramolecular Hbond substituents is 1. The molecule has 0 atom stereocenters. The number of phenols is 1. The third-order valence-corrected chi connectivity index (χ3v) is 2.58. The largest absolute Gasteiger partial charge is 0.506 e. The van der Waals surface area contributed by atoms with Gasteiger partial charge in [-0.3, -0.25) is 19.9 Å². The van der Waals surface area contributed by atoms with Gasteiger partial charge in [0.05, 0.1) is 22.2 Å². The summed E-state index contributed by atoms with van der Waals surface area (Å²) in [6.45, 7) is 1.80. The number of carbonyl (C=O) groups excluding carboxylic acids is 1. The molecule has 20 heavy (non-hydrogen) atoms. The number of aryl methyl sites for hydroxylation is 1. The normalized spacial score (nSPS) is 10.1. The first kappa shape index (κ1) is 13.5. The number of nitrogens with one attached hydrogen (secondary N) is 1. The maximum atomic E-state index is 11.9. The average molecular weight is 273 g/mol. The molecule has 1 amide bonds. The first-order chi connectivity index (χ1) is 9.47. The molecule has 0 aliphatic heterocycles. The zero-order valence-corrected chi connectivity index (χ0v) is 10.5. The van der Waals surface area contributed by atoms with Gasteiger partial charge < -0.3 is 10.4 Å². The Labute approximate surface area is 114 Å². The molecule has 1 heterocycles. The molecule has 2 rings (SSSR count). The Hall–Kier alpha value is -2.96. The van der Waals surface area contributed by atoms with Crippen LogP contribution in [0.25, 0.3) is 0 Å². The van der Waals surface area contributed by atoms with E-state index in [-0.39, 0.29) is 17.1 Å². The second-order valence-corrected chi connectivity index (χ2v) is 4.16. The van der Waals surface area contributed by atoms with Crippen molar-refractivity contribution in [1.82, 2.24) is 4.98 Å². The molecular formula is C13H11N3O4. The fourth-order valence-corrected chi connectivity index (χ4v) is 1.61. The Morgan fingerprint density at radius 1 is 1.35 bits per heavy atom. The van der Waals surface area contributed by atoms with Gasteiger partial charge in [-0.15, -0.1) is 0 Å². The van der Waals surface area contributed by atoms with Crippen molar-refractivity contribution in [2.75, 3.05) is 5.32 Å². The number of aromatic hydroxyl groups is 1. The van der Waals surface area contributed by atoms with Crippen LogP contribution >= 0.6 is 0 Å². The van der Waals surface area contributed by atoms with Crippen molar-refractivity contribution in [2.45, 2.75) is 6.92 Å². The van der Waals surface area contributed by atoms with E-state index >= 15 is 0 Å². The van der Waals surface area contributed by atoms with Crippen molar-refractivity contribution in [2.24, 2.45) is 0 Å². The summed E-state index contributed by atoms with van der Waals surface area (Å²) in [5.74, 6) is -0.821. The lowest BCUT2D eigenvalue weighted by Crippen LogP contribution is -2.12. The van der Waals surface area contributed by atoms with Gasteiger partial charge in [-0.1, -0.05) is 0 Å². The topological polar surface area (TPSA) is 105 Å². The van der Waals surface area contributed by atoms with Crippen LogP contribution in [0.15, 0.2) is 36.7 Å². The van der Waals surface area contributed by atoms with E-state index in [0.29, 0.717) is 5.56 Å². The molecule has 0 aliphatic rings. The lowest BCUT2D eigenvalue weighted by atomic mass is 10.2. The summed E-state index contributed by atoms with van der Waals surface area (Å²) in [6, 6.07) is 5.09. The number of nitro groups is 1. The summed E-state index contributed by atoms with van der Waals surface area (Å²) in [5.41, 5.74) is 1.01. The summed E-state index contributed by atoms with van der Waals surface area (Å²) >= 11 is 0. The third kappa shape index (κ3) is 2.89. The van der Waals surface area contributed by atoms with E-state index < -0.39 is 10.8 Å². The minimum Gasteiger partial charge on any atom is -0.506 e. The summed E-state index contributed by atoms with van der Waals surface area (Å²) in [4.78, 5) is 25.8. The van der Waals surface area contributed by atoms with Crippen LogP contribution in [-0.4, -0.2) is 20.9 Å². The lowest BCUT2D eigenvalue weighted by Gasteiger charge is -2.07.